The highest BCUT2D eigenvalue weighted by molar-refractivity contribution is 9.10. The predicted octanol–water partition coefficient (Wildman–Crippen LogP) is 2.43. The second-order valence-electron chi connectivity index (χ2n) is 4.13. The van der Waals surface area contributed by atoms with Gasteiger partial charge in [0.25, 0.3) is 5.91 Å². The first kappa shape index (κ1) is 14.6. The minimum Gasteiger partial charge on any atom is -0.480 e. The molecule has 0 radical (unpaired) electrons. The van der Waals surface area contributed by atoms with E-state index in [1.54, 1.807) is 13.8 Å². The van der Waals surface area contributed by atoms with Gasteiger partial charge in [0.2, 0.25) is 0 Å². The molecular weight excluding hydrogens is 305 g/mol. The molecule has 0 aliphatic carbocycles. The maximum Gasteiger partial charge on any atom is 0.326 e. The summed E-state index contributed by atoms with van der Waals surface area (Å²) in [6.07, 6.45) is 0. The molecular formula is C12H13BrFNO3. The lowest BCUT2D eigenvalue weighted by Crippen LogP contribution is -2.44. The van der Waals surface area contributed by atoms with E-state index < -0.39 is 23.7 Å². The lowest BCUT2D eigenvalue weighted by atomic mass is 10.0. The molecule has 18 heavy (non-hydrogen) atoms. The van der Waals surface area contributed by atoms with Crippen LogP contribution in [0.3, 0.4) is 0 Å². The van der Waals surface area contributed by atoms with E-state index in [9.17, 15) is 14.0 Å². The van der Waals surface area contributed by atoms with Gasteiger partial charge in [0.05, 0.1) is 10.0 Å². The maximum atomic E-state index is 13.3. The molecule has 1 amide bonds. The molecule has 98 valence electrons. The molecule has 1 rings (SSSR count). The first-order valence-electron chi connectivity index (χ1n) is 5.32. The number of halogens is 2. The molecule has 4 nitrogen and oxygen atoms in total. The van der Waals surface area contributed by atoms with E-state index >= 15 is 0 Å². The van der Waals surface area contributed by atoms with Crippen LogP contribution in [0.15, 0.2) is 22.7 Å². The van der Waals surface area contributed by atoms with Crippen LogP contribution in [0.1, 0.15) is 24.2 Å². The summed E-state index contributed by atoms with van der Waals surface area (Å²) in [6.45, 7) is 3.36. The van der Waals surface area contributed by atoms with Gasteiger partial charge in [-0.3, -0.25) is 4.79 Å². The fraction of sp³-hybridized carbons (Fsp3) is 0.333. The van der Waals surface area contributed by atoms with Crippen LogP contribution in [0.5, 0.6) is 0 Å². The fourth-order valence-electron chi connectivity index (χ4n) is 1.41. The SMILES string of the molecule is CC(C)C(NC(=O)c1cccc(F)c1Br)C(=O)O. The van der Waals surface area contributed by atoms with Crippen LogP contribution < -0.4 is 5.32 Å². The van der Waals surface area contributed by atoms with Gasteiger partial charge in [0, 0.05) is 0 Å². The van der Waals surface area contributed by atoms with E-state index in [1.165, 1.54) is 18.2 Å². The van der Waals surface area contributed by atoms with Crippen molar-refractivity contribution in [1.82, 2.24) is 5.32 Å². The Kier molecular flexibility index (Phi) is 4.84. The average Bonchev–Trinajstić information content (AvgIpc) is 2.28. The molecule has 0 heterocycles. The Labute approximate surface area is 112 Å². The van der Waals surface area contributed by atoms with Crippen molar-refractivity contribution in [1.29, 1.82) is 0 Å². The molecule has 1 aromatic rings. The summed E-state index contributed by atoms with van der Waals surface area (Å²) in [5, 5.41) is 11.3. The summed E-state index contributed by atoms with van der Waals surface area (Å²) in [4.78, 5) is 22.8. The molecule has 0 saturated heterocycles. The Hall–Kier alpha value is -1.43. The van der Waals surface area contributed by atoms with E-state index in [0.717, 1.165) is 0 Å². The zero-order chi connectivity index (χ0) is 13.9. The van der Waals surface area contributed by atoms with Gasteiger partial charge in [-0.15, -0.1) is 0 Å². The highest BCUT2D eigenvalue weighted by Gasteiger charge is 2.25. The summed E-state index contributed by atoms with van der Waals surface area (Å²) in [5.41, 5.74) is 0.0712. The number of hydrogen-bond donors (Lipinski definition) is 2. The number of carboxylic acids is 1. The van der Waals surface area contributed by atoms with Crippen molar-refractivity contribution in [3.8, 4) is 0 Å². The lowest BCUT2D eigenvalue weighted by Gasteiger charge is -2.18. The third kappa shape index (κ3) is 3.29. The lowest BCUT2D eigenvalue weighted by molar-refractivity contribution is -0.140. The van der Waals surface area contributed by atoms with E-state index in [0.29, 0.717) is 0 Å². The van der Waals surface area contributed by atoms with Crippen LogP contribution in [0.4, 0.5) is 4.39 Å². The van der Waals surface area contributed by atoms with Gasteiger partial charge in [-0.25, -0.2) is 9.18 Å². The fourth-order valence-corrected chi connectivity index (χ4v) is 1.86. The predicted molar refractivity (Wildman–Crippen MR) is 67.8 cm³/mol. The number of nitrogens with one attached hydrogen (secondary N) is 1. The van der Waals surface area contributed by atoms with Crippen molar-refractivity contribution in [2.75, 3.05) is 0 Å². The van der Waals surface area contributed by atoms with Crippen LogP contribution >= 0.6 is 15.9 Å². The van der Waals surface area contributed by atoms with Gasteiger partial charge in [-0.05, 0) is 34.0 Å². The van der Waals surface area contributed by atoms with Gasteiger partial charge in [-0.1, -0.05) is 19.9 Å². The topological polar surface area (TPSA) is 66.4 Å². The van der Waals surface area contributed by atoms with Crippen LogP contribution in [-0.2, 0) is 4.79 Å². The van der Waals surface area contributed by atoms with E-state index in [4.69, 9.17) is 5.11 Å². The molecule has 1 aromatic carbocycles. The van der Waals surface area contributed by atoms with Crippen molar-refractivity contribution < 1.29 is 19.1 Å². The van der Waals surface area contributed by atoms with Gasteiger partial charge in [-0.2, -0.15) is 0 Å². The molecule has 0 aromatic heterocycles. The van der Waals surface area contributed by atoms with Crippen molar-refractivity contribution in [2.24, 2.45) is 5.92 Å². The quantitative estimate of drug-likeness (QED) is 0.896. The maximum absolute atomic E-state index is 13.3. The number of carboxylic acid groups (broad SMARTS) is 1. The second-order valence-corrected chi connectivity index (χ2v) is 4.93. The third-order valence-corrected chi connectivity index (χ3v) is 3.22. The number of aliphatic carboxylic acids is 1. The van der Waals surface area contributed by atoms with Crippen molar-refractivity contribution in [3.63, 3.8) is 0 Å². The smallest absolute Gasteiger partial charge is 0.326 e. The average molecular weight is 318 g/mol. The Morgan fingerprint density at radius 1 is 1.39 bits per heavy atom. The molecule has 0 spiro atoms. The Morgan fingerprint density at radius 2 is 2.00 bits per heavy atom. The van der Waals surface area contributed by atoms with Gasteiger partial charge in [0.1, 0.15) is 11.9 Å². The third-order valence-electron chi connectivity index (χ3n) is 2.42. The number of hydrogen-bond acceptors (Lipinski definition) is 2. The van der Waals surface area contributed by atoms with Crippen LogP contribution in [0.25, 0.3) is 0 Å². The molecule has 2 N–H and O–H groups in total. The molecule has 0 saturated carbocycles. The number of benzene rings is 1. The standard InChI is InChI=1S/C12H13BrFNO3/c1-6(2)10(12(17)18)15-11(16)7-4-3-5-8(14)9(7)13/h3-6,10H,1-2H3,(H,15,16)(H,17,18). The minimum absolute atomic E-state index is 0.0235. The molecule has 1 atom stereocenters. The Bertz CT molecular complexity index is 476. The first-order valence-corrected chi connectivity index (χ1v) is 6.11. The van der Waals surface area contributed by atoms with Crippen molar-refractivity contribution in [3.05, 3.63) is 34.1 Å². The monoisotopic (exact) mass is 317 g/mol. The number of rotatable bonds is 4. The zero-order valence-corrected chi connectivity index (χ0v) is 11.5. The largest absolute Gasteiger partial charge is 0.480 e. The van der Waals surface area contributed by atoms with E-state index in [2.05, 4.69) is 21.2 Å². The molecule has 0 aliphatic rings. The molecule has 0 fully saturated rings. The first-order chi connectivity index (χ1) is 8.34. The molecule has 0 bridgehead atoms. The summed E-state index contributed by atoms with van der Waals surface area (Å²) in [5.74, 6) is -2.58. The van der Waals surface area contributed by atoms with Crippen molar-refractivity contribution in [2.45, 2.75) is 19.9 Å². The highest BCUT2D eigenvalue weighted by Crippen LogP contribution is 2.20. The number of amides is 1. The van der Waals surface area contributed by atoms with E-state index in [-0.39, 0.29) is 16.0 Å². The zero-order valence-electron chi connectivity index (χ0n) is 9.91. The normalized spacial score (nSPS) is 12.3. The molecule has 0 aliphatic heterocycles. The summed E-state index contributed by atoms with van der Waals surface area (Å²) in [6, 6.07) is 3.01. The van der Waals surface area contributed by atoms with Crippen LogP contribution in [0.2, 0.25) is 0 Å². The van der Waals surface area contributed by atoms with Crippen LogP contribution in [-0.4, -0.2) is 23.0 Å². The van der Waals surface area contributed by atoms with E-state index in [1.807, 2.05) is 0 Å². The summed E-state index contributed by atoms with van der Waals surface area (Å²) >= 11 is 2.96. The van der Waals surface area contributed by atoms with Crippen molar-refractivity contribution >= 4 is 27.8 Å². The Morgan fingerprint density at radius 3 is 2.50 bits per heavy atom. The minimum atomic E-state index is -1.12. The number of carbonyl (C=O) groups excluding carboxylic acids is 1. The van der Waals surface area contributed by atoms with Crippen LogP contribution in [0, 0.1) is 11.7 Å². The van der Waals surface area contributed by atoms with Gasteiger partial charge >= 0.3 is 5.97 Å². The molecule has 1 unspecified atom stereocenters. The van der Waals surface area contributed by atoms with Gasteiger partial charge < -0.3 is 10.4 Å². The highest BCUT2D eigenvalue weighted by atomic mass is 79.9. The second kappa shape index (κ2) is 5.95. The Balaban J connectivity index is 2.94. The summed E-state index contributed by atoms with van der Waals surface area (Å²) < 4.78 is 13.3. The molecule has 6 heteroatoms. The number of carbonyl (C=O) groups is 2. The summed E-state index contributed by atoms with van der Waals surface area (Å²) in [7, 11) is 0. The van der Waals surface area contributed by atoms with Gasteiger partial charge in [0.15, 0.2) is 0 Å².